The maximum Gasteiger partial charge on any atom is 0.344 e. The van der Waals surface area contributed by atoms with Crippen molar-refractivity contribution in [2.75, 3.05) is 12.3 Å². The fourth-order valence-electron chi connectivity index (χ4n) is 1.20. The highest BCUT2D eigenvalue weighted by molar-refractivity contribution is 5.92. The van der Waals surface area contributed by atoms with Gasteiger partial charge in [0.25, 0.3) is 12.0 Å². The van der Waals surface area contributed by atoms with Gasteiger partial charge in [0.05, 0.1) is 17.9 Å². The number of pyridine rings is 1. The maximum atomic E-state index is 12.6. The second-order valence-electron chi connectivity index (χ2n) is 2.88. The first kappa shape index (κ1) is 12.2. The van der Waals surface area contributed by atoms with Crippen LogP contribution in [0.25, 0.3) is 0 Å². The fourth-order valence-corrected chi connectivity index (χ4v) is 1.20. The van der Waals surface area contributed by atoms with E-state index in [1.165, 1.54) is 6.92 Å². The van der Waals surface area contributed by atoms with E-state index in [0.29, 0.717) is 0 Å². The normalized spacial score (nSPS) is 10.5. The molecule has 0 aliphatic rings. The van der Waals surface area contributed by atoms with Gasteiger partial charge in [-0.05, 0) is 6.92 Å². The van der Waals surface area contributed by atoms with Crippen molar-refractivity contribution in [2.24, 2.45) is 0 Å². The molecular weight excluding hydrogens is 222 g/mol. The third kappa shape index (κ3) is 2.18. The lowest BCUT2D eigenvalue weighted by atomic mass is 10.1. The number of alkyl halides is 2. The standard InChI is InChI=1S/C9H10F2N2O3/c1-2-16-9(15)6-5(7(10)11)4(12)3-13-8(6)14/h3,7H,2,12H2,1H3,(H,13,14). The van der Waals surface area contributed by atoms with Gasteiger partial charge in [-0.25, -0.2) is 13.6 Å². The summed E-state index contributed by atoms with van der Waals surface area (Å²) in [5.74, 6) is -1.11. The Balaban J connectivity index is 3.40. The van der Waals surface area contributed by atoms with Gasteiger partial charge in [-0.3, -0.25) is 4.79 Å². The van der Waals surface area contributed by atoms with E-state index >= 15 is 0 Å². The van der Waals surface area contributed by atoms with Gasteiger partial charge < -0.3 is 15.5 Å². The molecule has 16 heavy (non-hydrogen) atoms. The third-order valence-corrected chi connectivity index (χ3v) is 1.86. The SMILES string of the molecule is CCOC(=O)c1c(C(F)F)c(N)c[nH]c1=O. The Hall–Kier alpha value is -1.92. The van der Waals surface area contributed by atoms with Crippen LogP contribution in [0.2, 0.25) is 0 Å². The van der Waals surface area contributed by atoms with Crippen LogP contribution < -0.4 is 11.3 Å². The fraction of sp³-hybridized carbons (Fsp3) is 0.333. The number of esters is 1. The number of carbonyl (C=O) groups is 1. The molecule has 1 aromatic heterocycles. The van der Waals surface area contributed by atoms with Gasteiger partial charge in [0.2, 0.25) is 0 Å². The lowest BCUT2D eigenvalue weighted by molar-refractivity contribution is 0.0513. The van der Waals surface area contributed by atoms with Gasteiger partial charge >= 0.3 is 5.97 Å². The first-order valence-corrected chi connectivity index (χ1v) is 4.45. The molecule has 0 saturated heterocycles. The Morgan fingerprint density at radius 2 is 2.25 bits per heavy atom. The zero-order chi connectivity index (χ0) is 12.3. The Labute approximate surface area is 89.2 Å². The number of hydrogen-bond acceptors (Lipinski definition) is 4. The quantitative estimate of drug-likeness (QED) is 0.763. The van der Waals surface area contributed by atoms with Crippen LogP contribution in [0.4, 0.5) is 14.5 Å². The number of nitrogen functional groups attached to an aromatic ring is 1. The van der Waals surface area contributed by atoms with Gasteiger partial charge in [0.15, 0.2) is 0 Å². The number of anilines is 1. The molecule has 0 saturated carbocycles. The molecular formula is C9H10F2N2O3. The van der Waals surface area contributed by atoms with Crippen molar-refractivity contribution < 1.29 is 18.3 Å². The van der Waals surface area contributed by atoms with Gasteiger partial charge in [-0.2, -0.15) is 0 Å². The number of H-pyrrole nitrogens is 1. The molecule has 88 valence electrons. The lowest BCUT2D eigenvalue weighted by Crippen LogP contribution is -2.23. The molecule has 0 unspecified atom stereocenters. The van der Waals surface area contributed by atoms with E-state index in [1.54, 1.807) is 0 Å². The minimum absolute atomic E-state index is 0.0181. The van der Waals surface area contributed by atoms with Crippen LogP contribution in [0.5, 0.6) is 0 Å². The van der Waals surface area contributed by atoms with Crippen molar-refractivity contribution in [1.82, 2.24) is 4.98 Å². The van der Waals surface area contributed by atoms with Crippen molar-refractivity contribution in [3.8, 4) is 0 Å². The lowest BCUT2D eigenvalue weighted by Gasteiger charge is -2.09. The maximum absolute atomic E-state index is 12.6. The topological polar surface area (TPSA) is 85.2 Å². The van der Waals surface area contributed by atoms with Gasteiger partial charge in [0, 0.05) is 6.20 Å². The molecule has 0 spiro atoms. The summed E-state index contributed by atoms with van der Waals surface area (Å²) in [5.41, 5.74) is 2.45. The van der Waals surface area contributed by atoms with Gasteiger partial charge in [-0.1, -0.05) is 0 Å². The number of carbonyl (C=O) groups excluding carboxylic acids is 1. The Kier molecular flexibility index (Phi) is 3.60. The molecule has 0 aliphatic carbocycles. The third-order valence-electron chi connectivity index (χ3n) is 1.86. The molecule has 0 amide bonds. The van der Waals surface area contributed by atoms with Crippen LogP contribution >= 0.6 is 0 Å². The summed E-state index contributed by atoms with van der Waals surface area (Å²) in [5, 5.41) is 0. The van der Waals surface area contributed by atoms with Crippen molar-refractivity contribution in [1.29, 1.82) is 0 Å². The highest BCUT2D eigenvalue weighted by Crippen LogP contribution is 2.26. The van der Waals surface area contributed by atoms with Crippen LogP contribution in [0.1, 0.15) is 29.3 Å². The molecule has 1 aromatic rings. The number of halogens is 2. The number of hydrogen-bond donors (Lipinski definition) is 2. The van der Waals surface area contributed by atoms with E-state index in [-0.39, 0.29) is 12.3 Å². The minimum atomic E-state index is -3.01. The number of aromatic nitrogens is 1. The van der Waals surface area contributed by atoms with E-state index < -0.39 is 29.1 Å². The molecule has 3 N–H and O–H groups in total. The van der Waals surface area contributed by atoms with E-state index in [0.717, 1.165) is 6.20 Å². The van der Waals surface area contributed by atoms with Gasteiger partial charge in [-0.15, -0.1) is 0 Å². The van der Waals surface area contributed by atoms with E-state index in [4.69, 9.17) is 5.73 Å². The second kappa shape index (κ2) is 4.73. The summed E-state index contributed by atoms with van der Waals surface area (Å²) >= 11 is 0. The Bertz CT molecular complexity index is 457. The van der Waals surface area contributed by atoms with Crippen molar-refractivity contribution >= 4 is 11.7 Å². The van der Waals surface area contributed by atoms with Crippen LogP contribution in [-0.2, 0) is 4.74 Å². The largest absolute Gasteiger partial charge is 0.462 e. The van der Waals surface area contributed by atoms with Crippen LogP contribution in [0, 0.1) is 0 Å². The molecule has 0 aromatic carbocycles. The average Bonchev–Trinajstić information content (AvgIpc) is 2.20. The first-order chi connectivity index (χ1) is 7.49. The molecule has 0 aliphatic heterocycles. The summed E-state index contributed by atoms with van der Waals surface area (Å²) in [4.78, 5) is 24.7. The molecule has 0 radical (unpaired) electrons. The van der Waals surface area contributed by atoms with Crippen LogP contribution in [-0.4, -0.2) is 17.6 Å². The number of aromatic amines is 1. The number of rotatable bonds is 3. The van der Waals surface area contributed by atoms with E-state index in [2.05, 4.69) is 9.72 Å². The first-order valence-electron chi connectivity index (χ1n) is 4.45. The molecule has 1 rings (SSSR count). The zero-order valence-electron chi connectivity index (χ0n) is 8.42. The van der Waals surface area contributed by atoms with E-state index in [9.17, 15) is 18.4 Å². The Morgan fingerprint density at radius 3 is 2.75 bits per heavy atom. The molecule has 0 fully saturated rings. The van der Waals surface area contributed by atoms with Gasteiger partial charge in [0.1, 0.15) is 5.56 Å². The highest BCUT2D eigenvalue weighted by Gasteiger charge is 2.25. The number of nitrogens with two attached hydrogens (primary N) is 1. The minimum Gasteiger partial charge on any atom is -0.462 e. The molecule has 0 atom stereocenters. The molecule has 7 heteroatoms. The van der Waals surface area contributed by atoms with E-state index in [1.807, 2.05) is 0 Å². The average molecular weight is 232 g/mol. The molecule has 0 bridgehead atoms. The van der Waals surface area contributed by atoms with Crippen molar-refractivity contribution in [2.45, 2.75) is 13.3 Å². The summed E-state index contributed by atoms with van der Waals surface area (Å²) in [7, 11) is 0. The predicted octanol–water partition coefficient (Wildman–Crippen LogP) is 1.07. The highest BCUT2D eigenvalue weighted by atomic mass is 19.3. The molecule has 5 nitrogen and oxygen atoms in total. The summed E-state index contributed by atoms with van der Waals surface area (Å²) in [6.07, 6.45) is -2.09. The van der Waals surface area contributed by atoms with Crippen LogP contribution in [0.3, 0.4) is 0 Å². The smallest absolute Gasteiger partial charge is 0.344 e. The van der Waals surface area contributed by atoms with Crippen LogP contribution in [0.15, 0.2) is 11.0 Å². The second-order valence-corrected chi connectivity index (χ2v) is 2.88. The summed E-state index contributed by atoms with van der Waals surface area (Å²) in [6, 6.07) is 0. The molecule has 1 heterocycles. The summed E-state index contributed by atoms with van der Waals surface area (Å²) < 4.78 is 29.8. The predicted molar refractivity (Wildman–Crippen MR) is 52.4 cm³/mol. The van der Waals surface area contributed by atoms with Crippen molar-refractivity contribution in [3.63, 3.8) is 0 Å². The summed E-state index contributed by atoms with van der Waals surface area (Å²) in [6.45, 7) is 1.48. The number of ether oxygens (including phenoxy) is 1. The Morgan fingerprint density at radius 1 is 1.62 bits per heavy atom. The van der Waals surface area contributed by atoms with Crippen molar-refractivity contribution in [3.05, 3.63) is 27.7 Å². The zero-order valence-corrected chi connectivity index (χ0v) is 8.42. The monoisotopic (exact) mass is 232 g/mol. The number of nitrogens with one attached hydrogen (secondary N) is 1.